The van der Waals surface area contributed by atoms with Crippen LogP contribution in [0.15, 0.2) is 42.9 Å². The molecule has 64 heavy (non-hydrogen) atoms. The van der Waals surface area contributed by atoms with Gasteiger partial charge in [0.05, 0.1) is 25.8 Å². The second kappa shape index (κ2) is 25.7. The summed E-state index contributed by atoms with van der Waals surface area (Å²) in [6.07, 6.45) is 12.0. The zero-order valence-corrected chi connectivity index (χ0v) is 38.6. The van der Waals surface area contributed by atoms with Gasteiger partial charge in [0.2, 0.25) is 41.8 Å². The number of nitrogens with one attached hydrogen (secondary N) is 5. The van der Waals surface area contributed by atoms with E-state index in [-0.39, 0.29) is 31.2 Å². The summed E-state index contributed by atoms with van der Waals surface area (Å²) in [7, 11) is -5.11. The number of benzene rings is 1. The lowest BCUT2D eigenvalue weighted by Crippen LogP contribution is -2.61. The number of phosphoric acid groups is 1. The molecule has 19 nitrogen and oxygen atoms in total. The summed E-state index contributed by atoms with van der Waals surface area (Å²) >= 11 is 0. The van der Waals surface area contributed by atoms with Gasteiger partial charge in [0, 0.05) is 26.4 Å². The number of fused-ring (bicyclic) bond motifs is 2. The van der Waals surface area contributed by atoms with E-state index in [2.05, 4.69) is 50.8 Å². The van der Waals surface area contributed by atoms with Gasteiger partial charge < -0.3 is 46.4 Å². The van der Waals surface area contributed by atoms with Crippen molar-refractivity contribution in [1.29, 1.82) is 0 Å². The van der Waals surface area contributed by atoms with Crippen LogP contribution in [0.25, 0.3) is 0 Å². The SMILES string of the molecule is CC(=O)N1CCC[C@H]1C(=O)N[C@@H](CC(C)C)C(=O)N[C@H]1Cc2c[n+](cn2CCCCCCCCc2ccccc2)CCCCNC(=O)[C@H]([C@@H](C)OP(=O)(O)O)NC(=O)[C@H](CO)NC1=O. The fourth-order valence-corrected chi connectivity index (χ4v) is 8.78. The number of aryl methyl sites for hydroxylation is 3. The minimum absolute atomic E-state index is 0.0390. The fourth-order valence-electron chi connectivity index (χ4n) is 8.22. The number of unbranched alkanes of at least 4 members (excludes halogenated alkanes) is 5. The number of imidazole rings is 1. The molecule has 0 radical (unpaired) electrons. The van der Waals surface area contributed by atoms with E-state index in [1.54, 1.807) is 0 Å². The molecule has 3 heterocycles. The highest BCUT2D eigenvalue weighted by molar-refractivity contribution is 7.46. The van der Waals surface area contributed by atoms with Crippen molar-refractivity contribution in [2.45, 2.75) is 161 Å². The van der Waals surface area contributed by atoms with Gasteiger partial charge in [0.25, 0.3) is 0 Å². The fraction of sp³-hybridized carbons (Fsp3) is 0.659. The topological polar surface area (TPSA) is 262 Å². The van der Waals surface area contributed by atoms with Gasteiger partial charge >= 0.3 is 7.82 Å². The number of phosphoric ester groups is 1. The molecular formula is C44H70N8O11P+. The van der Waals surface area contributed by atoms with Crippen LogP contribution in [-0.4, -0.2) is 116 Å². The number of aliphatic hydroxyl groups excluding tert-OH is 1. The molecular weight excluding hydrogens is 848 g/mol. The summed E-state index contributed by atoms with van der Waals surface area (Å²) in [4.78, 5) is 102. The van der Waals surface area contributed by atoms with Crippen molar-refractivity contribution in [3.05, 3.63) is 54.1 Å². The third-order valence-electron chi connectivity index (χ3n) is 11.6. The first-order valence-electron chi connectivity index (χ1n) is 22.7. The quantitative estimate of drug-likeness (QED) is 0.0566. The number of nitrogens with zero attached hydrogens (tertiary/aromatic N) is 3. The van der Waals surface area contributed by atoms with Crippen molar-refractivity contribution in [3.63, 3.8) is 0 Å². The van der Waals surface area contributed by atoms with Gasteiger partial charge in [0.15, 0.2) is 0 Å². The molecule has 0 aliphatic carbocycles. The van der Waals surface area contributed by atoms with E-state index in [0.29, 0.717) is 51.0 Å². The highest BCUT2D eigenvalue weighted by atomic mass is 31.2. The van der Waals surface area contributed by atoms with Crippen molar-refractivity contribution in [2.75, 3.05) is 19.7 Å². The Balaban J connectivity index is 1.58. The van der Waals surface area contributed by atoms with E-state index < -0.39 is 80.3 Å². The molecule has 20 heteroatoms. The second-order valence-corrected chi connectivity index (χ2v) is 18.6. The lowest BCUT2D eigenvalue weighted by atomic mass is 10.0. The van der Waals surface area contributed by atoms with E-state index in [4.69, 9.17) is 4.52 Å². The maximum atomic E-state index is 14.3. The number of hydrogen-bond acceptors (Lipinski definition) is 9. The third kappa shape index (κ3) is 17.0. The van der Waals surface area contributed by atoms with Gasteiger partial charge in [0.1, 0.15) is 42.1 Å². The van der Waals surface area contributed by atoms with Gasteiger partial charge in [-0.1, -0.05) is 63.4 Å². The molecule has 6 amide bonds. The van der Waals surface area contributed by atoms with Gasteiger partial charge in [-0.3, -0.25) is 33.3 Å². The Hall–Kier alpha value is -4.68. The smallest absolute Gasteiger partial charge is 0.394 e. The Labute approximate surface area is 376 Å². The number of aromatic nitrogens is 2. The monoisotopic (exact) mass is 917 g/mol. The first kappa shape index (κ1) is 51.9. The summed E-state index contributed by atoms with van der Waals surface area (Å²) in [5, 5.41) is 23.5. The molecule has 2 aliphatic heterocycles. The Morgan fingerprint density at radius 1 is 0.938 bits per heavy atom. The average molecular weight is 918 g/mol. The standard InChI is InChI=1S/C44H69N8O11P/c1-30(2)25-35(47-43(58)38-20-16-24-52(38)32(4)54)40(55)46-36-26-34-27-50(29-51(34)23-14-8-6-5-7-10-17-33-18-11-9-12-19-33)22-15-13-21-45-44(59)39(31(3)63-64(60,61)62)49-42(57)37(28-53)48-41(36)56/h9,11-12,18-19,27,29-31,35-39,53H,5-8,10,13-17,20-26,28H2,1-4H3,(H6-,45,46,47,48,49,55,56,57,58,59,60,61,62)/p+1/t31-,35+,36+,37+,38+,39+/m1/s1. The molecule has 356 valence electrons. The van der Waals surface area contributed by atoms with Crippen LogP contribution in [0.2, 0.25) is 0 Å². The summed E-state index contributed by atoms with van der Waals surface area (Å²) in [5.41, 5.74) is 2.05. The first-order chi connectivity index (χ1) is 30.4. The predicted octanol–water partition coefficient (Wildman–Crippen LogP) is 1.30. The molecule has 1 aromatic carbocycles. The Kier molecular flexibility index (Phi) is 20.9. The minimum atomic E-state index is -5.11. The van der Waals surface area contributed by atoms with E-state index in [9.17, 15) is 48.2 Å². The zero-order valence-electron chi connectivity index (χ0n) is 37.7. The number of aliphatic hydroxyl groups is 1. The van der Waals surface area contributed by atoms with Crippen molar-refractivity contribution >= 4 is 43.3 Å². The molecule has 6 atom stereocenters. The average Bonchev–Trinajstić information content (AvgIpc) is 3.89. The molecule has 2 aliphatic rings. The lowest BCUT2D eigenvalue weighted by Gasteiger charge is -2.28. The number of carbonyl (C=O) groups excluding carboxylic acids is 6. The van der Waals surface area contributed by atoms with E-state index >= 15 is 0 Å². The second-order valence-electron chi connectivity index (χ2n) is 17.4. The predicted molar refractivity (Wildman–Crippen MR) is 236 cm³/mol. The Morgan fingerprint density at radius 3 is 2.31 bits per heavy atom. The van der Waals surface area contributed by atoms with E-state index in [0.717, 1.165) is 44.9 Å². The maximum absolute atomic E-state index is 14.3. The summed E-state index contributed by atoms with van der Waals surface area (Å²) in [6, 6.07) is 3.96. The summed E-state index contributed by atoms with van der Waals surface area (Å²) < 4.78 is 20.4. The molecule has 2 aromatic rings. The van der Waals surface area contributed by atoms with Crippen molar-refractivity contribution in [2.24, 2.45) is 5.92 Å². The van der Waals surface area contributed by atoms with Gasteiger partial charge in [-0.2, -0.15) is 0 Å². The molecule has 1 saturated heterocycles. The number of amides is 6. The van der Waals surface area contributed by atoms with Crippen LogP contribution in [0, 0.1) is 5.92 Å². The largest absolute Gasteiger partial charge is 0.469 e. The van der Waals surface area contributed by atoms with Crippen LogP contribution < -0.4 is 31.2 Å². The van der Waals surface area contributed by atoms with Crippen LogP contribution in [0.1, 0.15) is 110 Å². The molecule has 0 unspecified atom stereocenters. The third-order valence-corrected chi connectivity index (χ3v) is 12.2. The number of likely N-dealkylation sites (tertiary alicyclic amines) is 1. The zero-order chi connectivity index (χ0) is 46.8. The maximum Gasteiger partial charge on any atom is 0.469 e. The van der Waals surface area contributed by atoms with E-state index in [1.165, 1.54) is 24.3 Å². The molecule has 4 rings (SSSR count). The van der Waals surface area contributed by atoms with Crippen molar-refractivity contribution in [3.8, 4) is 0 Å². The van der Waals surface area contributed by atoms with Crippen LogP contribution in [0.4, 0.5) is 0 Å². The molecule has 0 spiro atoms. The van der Waals surface area contributed by atoms with E-state index in [1.807, 2.05) is 41.6 Å². The molecule has 2 bridgehead atoms. The van der Waals surface area contributed by atoms with Gasteiger partial charge in [-0.25, -0.2) is 13.7 Å². The Bertz CT molecular complexity index is 1910. The number of carbonyl (C=O) groups is 6. The van der Waals surface area contributed by atoms with Gasteiger partial charge in [-0.05, 0) is 76.2 Å². The number of rotatable bonds is 19. The minimum Gasteiger partial charge on any atom is -0.394 e. The molecule has 0 saturated carbocycles. The van der Waals surface area contributed by atoms with Crippen LogP contribution in [0.5, 0.6) is 0 Å². The molecule has 8 N–H and O–H groups in total. The first-order valence-corrected chi connectivity index (χ1v) is 24.2. The summed E-state index contributed by atoms with van der Waals surface area (Å²) in [6.45, 7) is 7.15. The van der Waals surface area contributed by atoms with Crippen molar-refractivity contribution < 1.29 is 57.3 Å². The highest BCUT2D eigenvalue weighted by Gasteiger charge is 2.38. The Morgan fingerprint density at radius 2 is 1.64 bits per heavy atom. The van der Waals surface area contributed by atoms with Crippen molar-refractivity contribution in [1.82, 2.24) is 36.1 Å². The van der Waals surface area contributed by atoms with Crippen LogP contribution in [0.3, 0.4) is 0 Å². The van der Waals surface area contributed by atoms with Crippen LogP contribution in [-0.2, 0) is 63.8 Å². The lowest BCUT2D eigenvalue weighted by molar-refractivity contribution is -0.697. The number of hydrogen-bond donors (Lipinski definition) is 8. The van der Waals surface area contributed by atoms with Crippen LogP contribution >= 0.6 is 7.82 Å². The normalized spacial score (nSPS) is 21.3. The highest BCUT2D eigenvalue weighted by Crippen LogP contribution is 2.38. The molecule has 1 fully saturated rings. The summed E-state index contributed by atoms with van der Waals surface area (Å²) in [5.74, 6) is -4.17. The molecule has 1 aromatic heterocycles. The van der Waals surface area contributed by atoms with Gasteiger partial charge in [-0.15, -0.1) is 0 Å².